The molecule has 74 valence electrons. The topological polar surface area (TPSA) is 17.8 Å². The lowest BCUT2D eigenvalue weighted by atomic mass is 10.1. The summed E-state index contributed by atoms with van der Waals surface area (Å²) in [6, 6.07) is 1.95. The second-order valence-corrected chi connectivity index (χ2v) is 3.25. The van der Waals surface area contributed by atoms with Crippen LogP contribution in [0.25, 0.3) is 5.57 Å². The minimum absolute atomic E-state index is 0.910. The summed E-state index contributed by atoms with van der Waals surface area (Å²) in [7, 11) is 1.89. The van der Waals surface area contributed by atoms with Gasteiger partial charge >= 0.3 is 0 Å². The van der Waals surface area contributed by atoms with Crippen LogP contribution in [0.3, 0.4) is 0 Å². The van der Waals surface area contributed by atoms with E-state index >= 15 is 0 Å². The van der Waals surface area contributed by atoms with Crippen molar-refractivity contribution in [3.05, 3.63) is 48.8 Å². The van der Waals surface area contributed by atoms with Gasteiger partial charge in [0.25, 0.3) is 0 Å². The van der Waals surface area contributed by atoms with E-state index in [0.717, 1.165) is 23.3 Å². The lowest BCUT2D eigenvalue weighted by Gasteiger charge is -1.95. The molecule has 0 N–H and O–H groups in total. The van der Waals surface area contributed by atoms with Gasteiger partial charge in [0.1, 0.15) is 0 Å². The van der Waals surface area contributed by atoms with Crippen molar-refractivity contribution in [1.29, 1.82) is 0 Å². The van der Waals surface area contributed by atoms with E-state index in [0.29, 0.717) is 0 Å². The molecular formula is C12H16N2. The Morgan fingerprint density at radius 1 is 1.50 bits per heavy atom. The van der Waals surface area contributed by atoms with Crippen LogP contribution in [0.2, 0.25) is 0 Å². The molecule has 0 radical (unpaired) electrons. The van der Waals surface area contributed by atoms with Crippen molar-refractivity contribution in [2.24, 2.45) is 7.05 Å². The van der Waals surface area contributed by atoms with Crippen molar-refractivity contribution in [2.75, 3.05) is 0 Å². The first kappa shape index (κ1) is 10.5. The fourth-order valence-corrected chi connectivity index (χ4v) is 1.01. The molecule has 0 aliphatic rings. The zero-order chi connectivity index (χ0) is 10.6. The highest BCUT2D eigenvalue weighted by Gasteiger charge is 1.97. The number of nitrogens with zero attached hydrogens (tertiary/aromatic N) is 2. The molecular weight excluding hydrogens is 172 g/mol. The van der Waals surface area contributed by atoms with Crippen LogP contribution in [0.4, 0.5) is 0 Å². The van der Waals surface area contributed by atoms with Crippen molar-refractivity contribution in [3.8, 4) is 0 Å². The summed E-state index contributed by atoms with van der Waals surface area (Å²) >= 11 is 0. The predicted molar refractivity (Wildman–Crippen MR) is 60.8 cm³/mol. The highest BCUT2D eigenvalue weighted by molar-refractivity contribution is 5.69. The fourth-order valence-electron chi connectivity index (χ4n) is 1.01. The number of rotatable bonds is 4. The SMILES string of the molecule is C=C(/C=C\C(=C)c1ccn(C)n1)CC. The van der Waals surface area contributed by atoms with Gasteiger partial charge in [-0.25, -0.2) is 0 Å². The molecule has 2 heteroatoms. The number of hydrogen-bond acceptors (Lipinski definition) is 1. The molecule has 0 fully saturated rings. The molecule has 0 saturated carbocycles. The quantitative estimate of drug-likeness (QED) is 0.664. The van der Waals surface area contributed by atoms with Gasteiger partial charge in [-0.05, 0) is 18.1 Å². The first-order chi connectivity index (χ1) is 6.63. The highest BCUT2D eigenvalue weighted by atomic mass is 15.2. The van der Waals surface area contributed by atoms with Crippen LogP contribution in [0, 0.1) is 0 Å². The average Bonchev–Trinajstić information content (AvgIpc) is 2.60. The number of allylic oxidation sites excluding steroid dienone is 4. The van der Waals surface area contributed by atoms with E-state index < -0.39 is 0 Å². The standard InChI is InChI=1S/C12H16N2/c1-5-10(2)6-7-11(3)12-8-9-14(4)13-12/h6-9H,2-3,5H2,1,4H3/b7-6-. The minimum Gasteiger partial charge on any atom is -0.275 e. The summed E-state index contributed by atoms with van der Waals surface area (Å²) in [4.78, 5) is 0. The van der Waals surface area contributed by atoms with Crippen LogP contribution in [-0.2, 0) is 7.05 Å². The first-order valence-corrected chi connectivity index (χ1v) is 4.68. The van der Waals surface area contributed by atoms with E-state index in [1.165, 1.54) is 0 Å². The van der Waals surface area contributed by atoms with Crippen LogP contribution < -0.4 is 0 Å². The molecule has 1 heterocycles. The Balaban J connectivity index is 2.68. The lowest BCUT2D eigenvalue weighted by Crippen LogP contribution is -1.88. The Bertz CT molecular complexity index is 369. The van der Waals surface area contributed by atoms with Crippen LogP contribution in [0.1, 0.15) is 19.0 Å². The maximum Gasteiger partial charge on any atom is 0.0917 e. The Morgan fingerprint density at radius 2 is 2.21 bits per heavy atom. The van der Waals surface area contributed by atoms with E-state index in [4.69, 9.17) is 0 Å². The fraction of sp³-hybridized carbons (Fsp3) is 0.250. The van der Waals surface area contributed by atoms with E-state index in [1.807, 2.05) is 31.5 Å². The maximum atomic E-state index is 4.25. The zero-order valence-corrected chi connectivity index (χ0v) is 8.83. The molecule has 0 aromatic carbocycles. The molecule has 1 aromatic heterocycles. The molecule has 0 aliphatic carbocycles. The first-order valence-electron chi connectivity index (χ1n) is 4.68. The summed E-state index contributed by atoms with van der Waals surface area (Å²) in [5.74, 6) is 0. The summed E-state index contributed by atoms with van der Waals surface area (Å²) in [5.41, 5.74) is 2.93. The van der Waals surface area contributed by atoms with Gasteiger partial charge in [-0.2, -0.15) is 5.10 Å². The number of aromatic nitrogens is 2. The number of hydrogen-bond donors (Lipinski definition) is 0. The van der Waals surface area contributed by atoms with Crippen LogP contribution in [0.15, 0.2) is 43.1 Å². The molecule has 1 rings (SSSR count). The van der Waals surface area contributed by atoms with E-state index in [9.17, 15) is 0 Å². The Labute approximate surface area is 85.3 Å². The third-order valence-electron chi connectivity index (χ3n) is 2.02. The largest absolute Gasteiger partial charge is 0.275 e. The van der Waals surface area contributed by atoms with E-state index in [1.54, 1.807) is 4.68 Å². The highest BCUT2D eigenvalue weighted by Crippen LogP contribution is 2.11. The Morgan fingerprint density at radius 3 is 2.71 bits per heavy atom. The number of aryl methyl sites for hydroxylation is 1. The summed E-state index contributed by atoms with van der Waals surface area (Å²) < 4.78 is 1.77. The van der Waals surface area contributed by atoms with Crippen LogP contribution >= 0.6 is 0 Å². The Hall–Kier alpha value is -1.57. The molecule has 2 nitrogen and oxygen atoms in total. The van der Waals surface area contributed by atoms with Crippen molar-refractivity contribution in [2.45, 2.75) is 13.3 Å². The van der Waals surface area contributed by atoms with Crippen molar-refractivity contribution in [1.82, 2.24) is 9.78 Å². The van der Waals surface area contributed by atoms with Gasteiger partial charge < -0.3 is 0 Å². The third-order valence-corrected chi connectivity index (χ3v) is 2.02. The van der Waals surface area contributed by atoms with Gasteiger partial charge in [-0.1, -0.05) is 37.8 Å². The van der Waals surface area contributed by atoms with Crippen LogP contribution in [-0.4, -0.2) is 9.78 Å². The van der Waals surface area contributed by atoms with Crippen molar-refractivity contribution < 1.29 is 0 Å². The molecule has 14 heavy (non-hydrogen) atoms. The van der Waals surface area contributed by atoms with Gasteiger partial charge in [-0.15, -0.1) is 0 Å². The smallest absolute Gasteiger partial charge is 0.0917 e. The maximum absolute atomic E-state index is 4.25. The van der Waals surface area contributed by atoms with E-state index in [-0.39, 0.29) is 0 Å². The van der Waals surface area contributed by atoms with Crippen molar-refractivity contribution in [3.63, 3.8) is 0 Å². The third kappa shape index (κ3) is 2.73. The predicted octanol–water partition coefficient (Wildman–Crippen LogP) is 2.96. The minimum atomic E-state index is 0.910. The van der Waals surface area contributed by atoms with E-state index in [2.05, 4.69) is 25.2 Å². The zero-order valence-electron chi connectivity index (χ0n) is 8.83. The van der Waals surface area contributed by atoms with Gasteiger partial charge in [0, 0.05) is 13.2 Å². The van der Waals surface area contributed by atoms with Crippen LogP contribution in [0.5, 0.6) is 0 Å². The Kier molecular flexibility index (Phi) is 3.46. The van der Waals surface area contributed by atoms with Gasteiger partial charge in [0.15, 0.2) is 0 Å². The molecule has 1 aromatic rings. The second kappa shape index (κ2) is 4.61. The molecule has 0 aliphatic heterocycles. The molecule has 0 unspecified atom stereocenters. The van der Waals surface area contributed by atoms with Gasteiger partial charge in [0.2, 0.25) is 0 Å². The van der Waals surface area contributed by atoms with Crippen molar-refractivity contribution >= 4 is 5.57 Å². The molecule has 0 bridgehead atoms. The molecule has 0 atom stereocenters. The molecule has 0 amide bonds. The molecule has 0 saturated heterocycles. The molecule has 0 spiro atoms. The summed E-state index contributed by atoms with van der Waals surface area (Å²) in [6.45, 7) is 9.91. The average molecular weight is 188 g/mol. The van der Waals surface area contributed by atoms with Gasteiger partial charge in [-0.3, -0.25) is 4.68 Å². The second-order valence-electron chi connectivity index (χ2n) is 3.25. The monoisotopic (exact) mass is 188 g/mol. The summed E-state index contributed by atoms with van der Waals surface area (Å²) in [6.07, 6.45) is 6.81. The lowest BCUT2D eigenvalue weighted by molar-refractivity contribution is 0.763. The summed E-state index contributed by atoms with van der Waals surface area (Å²) in [5, 5.41) is 4.25. The van der Waals surface area contributed by atoms with Gasteiger partial charge in [0.05, 0.1) is 5.69 Å². The normalized spacial score (nSPS) is 10.7.